The lowest BCUT2D eigenvalue weighted by Gasteiger charge is -2.20. The van der Waals surface area contributed by atoms with E-state index in [1.807, 2.05) is 0 Å². The molecule has 2 aromatic carbocycles. The molecule has 122 valence electrons. The van der Waals surface area contributed by atoms with Crippen molar-refractivity contribution < 1.29 is 13.5 Å². The Hall–Kier alpha value is -2.31. The van der Waals surface area contributed by atoms with E-state index in [4.69, 9.17) is 11.6 Å². The van der Waals surface area contributed by atoms with Crippen molar-refractivity contribution in [1.29, 1.82) is 0 Å². The first-order valence-electron chi connectivity index (χ1n) is 7.37. The van der Waals surface area contributed by atoms with Crippen LogP contribution in [0, 0.1) is 0 Å². The summed E-state index contributed by atoms with van der Waals surface area (Å²) < 4.78 is 27.8. The van der Waals surface area contributed by atoms with Gasteiger partial charge in [0.15, 0.2) is 0 Å². The number of benzene rings is 2. The molecule has 0 amide bonds. The molecule has 3 aromatic rings. The highest BCUT2D eigenvalue weighted by Gasteiger charge is 2.33. The van der Waals surface area contributed by atoms with Crippen LogP contribution in [0.15, 0.2) is 53.6 Å². The van der Waals surface area contributed by atoms with Crippen molar-refractivity contribution in [2.75, 3.05) is 10.8 Å². The molecule has 4 rings (SSSR count). The molecule has 0 atom stereocenters. The van der Waals surface area contributed by atoms with E-state index in [1.54, 1.807) is 30.3 Å². The average Bonchev–Trinajstić information content (AvgIpc) is 3.01. The van der Waals surface area contributed by atoms with E-state index in [0.717, 1.165) is 5.56 Å². The van der Waals surface area contributed by atoms with Crippen molar-refractivity contribution in [2.45, 2.75) is 11.3 Å². The molecule has 0 aliphatic carbocycles. The number of nitrogens with zero attached hydrogens (tertiary/aromatic N) is 2. The average molecular weight is 361 g/mol. The Morgan fingerprint density at radius 3 is 2.79 bits per heavy atom. The highest BCUT2D eigenvalue weighted by atomic mass is 35.5. The number of phenols is 1. The minimum atomic E-state index is -3.79. The summed E-state index contributed by atoms with van der Waals surface area (Å²) in [5.74, 6) is -0.0468. The third kappa shape index (κ3) is 2.14. The number of anilines is 1. The quantitative estimate of drug-likeness (QED) is 0.760. The second kappa shape index (κ2) is 5.36. The fraction of sp³-hybridized carbons (Fsp3) is 0.118. The van der Waals surface area contributed by atoms with Gasteiger partial charge in [0.2, 0.25) is 0 Å². The minimum absolute atomic E-state index is 0.0468. The van der Waals surface area contributed by atoms with Crippen molar-refractivity contribution in [3.8, 4) is 5.75 Å². The molecule has 2 heterocycles. The van der Waals surface area contributed by atoms with E-state index >= 15 is 0 Å². The van der Waals surface area contributed by atoms with Gasteiger partial charge in [0, 0.05) is 23.2 Å². The van der Waals surface area contributed by atoms with Crippen LogP contribution in [0.4, 0.5) is 5.69 Å². The number of pyridine rings is 1. The molecule has 5 nitrogen and oxygen atoms in total. The first kappa shape index (κ1) is 15.2. The molecule has 0 saturated heterocycles. The highest BCUT2D eigenvalue weighted by Crippen LogP contribution is 2.38. The van der Waals surface area contributed by atoms with Gasteiger partial charge < -0.3 is 5.11 Å². The van der Waals surface area contributed by atoms with Crippen LogP contribution < -0.4 is 4.31 Å². The number of aromatic nitrogens is 1. The van der Waals surface area contributed by atoms with Crippen LogP contribution in [0.2, 0.25) is 5.02 Å². The number of phenolic OH excluding ortho intramolecular Hbond substituents is 1. The van der Waals surface area contributed by atoms with Gasteiger partial charge in [0.05, 0.1) is 10.6 Å². The Kier molecular flexibility index (Phi) is 3.40. The summed E-state index contributed by atoms with van der Waals surface area (Å²) >= 11 is 6.18. The molecular formula is C17H13ClN2O3S. The maximum Gasteiger partial charge on any atom is 0.265 e. The van der Waals surface area contributed by atoms with Gasteiger partial charge in [-0.05, 0) is 48.4 Å². The number of hydrogen-bond donors (Lipinski definition) is 1. The van der Waals surface area contributed by atoms with Crippen LogP contribution in [0.1, 0.15) is 5.56 Å². The van der Waals surface area contributed by atoms with E-state index in [0.29, 0.717) is 29.1 Å². The van der Waals surface area contributed by atoms with Gasteiger partial charge in [0.1, 0.15) is 11.3 Å². The first-order valence-corrected chi connectivity index (χ1v) is 9.19. The monoisotopic (exact) mass is 360 g/mol. The highest BCUT2D eigenvalue weighted by molar-refractivity contribution is 7.93. The van der Waals surface area contributed by atoms with Crippen molar-refractivity contribution in [1.82, 2.24) is 4.98 Å². The molecule has 0 unspecified atom stereocenters. The summed E-state index contributed by atoms with van der Waals surface area (Å²) in [5, 5.41) is 10.9. The summed E-state index contributed by atoms with van der Waals surface area (Å²) in [7, 11) is -3.79. The second-order valence-corrected chi connectivity index (χ2v) is 7.79. The number of rotatable bonds is 2. The predicted molar refractivity (Wildman–Crippen MR) is 93.1 cm³/mol. The molecule has 0 radical (unpaired) electrons. The number of halogens is 1. The zero-order valence-electron chi connectivity index (χ0n) is 12.5. The van der Waals surface area contributed by atoms with Crippen LogP contribution in [0.3, 0.4) is 0 Å². The van der Waals surface area contributed by atoms with Crippen LogP contribution in [-0.4, -0.2) is 25.1 Å². The number of hydrogen-bond acceptors (Lipinski definition) is 4. The molecule has 24 heavy (non-hydrogen) atoms. The predicted octanol–water partition coefficient (Wildman–Crippen LogP) is 3.35. The number of fused-ring (bicyclic) bond motifs is 2. The van der Waals surface area contributed by atoms with Crippen LogP contribution in [-0.2, 0) is 16.4 Å². The lowest BCUT2D eigenvalue weighted by Crippen LogP contribution is -2.29. The van der Waals surface area contributed by atoms with Crippen LogP contribution in [0.5, 0.6) is 5.75 Å². The molecule has 0 saturated carbocycles. The van der Waals surface area contributed by atoms with Crippen molar-refractivity contribution in [3.05, 3.63) is 59.2 Å². The molecule has 1 N–H and O–H groups in total. The number of aromatic hydroxyl groups is 1. The maximum atomic E-state index is 13.2. The molecule has 0 bridgehead atoms. The maximum absolute atomic E-state index is 13.2. The van der Waals surface area contributed by atoms with E-state index in [9.17, 15) is 13.5 Å². The van der Waals surface area contributed by atoms with Gasteiger partial charge in [-0.3, -0.25) is 9.29 Å². The Morgan fingerprint density at radius 1 is 1.12 bits per heavy atom. The standard InChI is InChI=1S/C17H13ClN2O3S/c18-13-4-1-5-14-11(13)8-10-20(14)24(22,23)16-7-6-15(21)17-12(16)3-2-9-19-17/h1-7,9,21H,8,10H2. The van der Waals surface area contributed by atoms with Crippen molar-refractivity contribution in [3.63, 3.8) is 0 Å². The Labute approximate surface area is 144 Å². The minimum Gasteiger partial charge on any atom is -0.506 e. The molecule has 7 heteroatoms. The van der Waals surface area contributed by atoms with Gasteiger partial charge in [0.25, 0.3) is 10.0 Å². The summed E-state index contributed by atoms with van der Waals surface area (Å²) in [6.45, 7) is 0.337. The first-order chi connectivity index (χ1) is 11.5. The lowest BCUT2D eigenvalue weighted by molar-refractivity contribution is 0.480. The smallest absolute Gasteiger partial charge is 0.265 e. The topological polar surface area (TPSA) is 70.5 Å². The summed E-state index contributed by atoms with van der Waals surface area (Å²) in [6.07, 6.45) is 2.09. The normalized spacial score (nSPS) is 14.1. The fourth-order valence-electron chi connectivity index (χ4n) is 3.09. The van der Waals surface area contributed by atoms with Crippen LogP contribution in [0.25, 0.3) is 10.9 Å². The Bertz CT molecular complexity index is 1070. The summed E-state index contributed by atoms with van der Waals surface area (Å²) in [5.41, 5.74) is 1.71. The SMILES string of the molecule is O=S(=O)(c1ccc(O)c2ncccc12)N1CCc2c(Cl)cccc21. The molecular weight excluding hydrogens is 348 g/mol. The van der Waals surface area contributed by atoms with Gasteiger partial charge in [-0.2, -0.15) is 0 Å². The van der Waals surface area contributed by atoms with Gasteiger partial charge in [-0.1, -0.05) is 17.7 Å². The van der Waals surface area contributed by atoms with Crippen molar-refractivity contribution in [2.24, 2.45) is 0 Å². The Morgan fingerprint density at radius 2 is 1.96 bits per heavy atom. The zero-order chi connectivity index (χ0) is 16.9. The molecule has 1 aliphatic heterocycles. The Balaban J connectivity index is 1.93. The van der Waals surface area contributed by atoms with Gasteiger partial charge >= 0.3 is 0 Å². The van der Waals surface area contributed by atoms with Crippen LogP contribution >= 0.6 is 11.6 Å². The van der Waals surface area contributed by atoms with E-state index < -0.39 is 10.0 Å². The third-order valence-electron chi connectivity index (χ3n) is 4.20. The molecule has 0 spiro atoms. The lowest BCUT2D eigenvalue weighted by atomic mass is 10.2. The summed E-state index contributed by atoms with van der Waals surface area (Å²) in [6, 6.07) is 11.3. The fourth-order valence-corrected chi connectivity index (χ4v) is 5.03. The molecule has 0 fully saturated rings. The van der Waals surface area contributed by atoms with Gasteiger partial charge in [-0.25, -0.2) is 8.42 Å². The molecule has 1 aliphatic rings. The van der Waals surface area contributed by atoms with E-state index in [-0.39, 0.29) is 16.2 Å². The second-order valence-electron chi connectivity index (χ2n) is 5.55. The largest absolute Gasteiger partial charge is 0.506 e. The number of sulfonamides is 1. The summed E-state index contributed by atoms with van der Waals surface area (Å²) in [4.78, 5) is 4.21. The zero-order valence-corrected chi connectivity index (χ0v) is 14.0. The van der Waals surface area contributed by atoms with Crippen molar-refractivity contribution >= 4 is 38.2 Å². The van der Waals surface area contributed by atoms with E-state index in [1.165, 1.54) is 22.6 Å². The van der Waals surface area contributed by atoms with E-state index in [2.05, 4.69) is 4.98 Å². The molecule has 1 aromatic heterocycles. The third-order valence-corrected chi connectivity index (χ3v) is 6.43. The van der Waals surface area contributed by atoms with Gasteiger partial charge in [-0.15, -0.1) is 0 Å².